The van der Waals surface area contributed by atoms with Gasteiger partial charge in [-0.15, -0.1) is 0 Å². The summed E-state index contributed by atoms with van der Waals surface area (Å²) in [5, 5.41) is 9.21. The van der Waals surface area contributed by atoms with Crippen molar-refractivity contribution in [3.8, 4) is 5.69 Å². The fourth-order valence-electron chi connectivity index (χ4n) is 1.16. The maximum absolute atomic E-state index is 13.5. The second-order valence-corrected chi connectivity index (χ2v) is 3.34. The Kier molecular flexibility index (Phi) is 2.31. The van der Waals surface area contributed by atoms with E-state index >= 15 is 0 Å². The molecule has 0 atom stereocenters. The molecule has 4 nitrogen and oxygen atoms in total. The van der Waals surface area contributed by atoms with Crippen LogP contribution in [0, 0.1) is 23.3 Å². The van der Waals surface area contributed by atoms with Crippen LogP contribution in [0.5, 0.6) is 0 Å². The number of aromatic amines is 1. The first-order chi connectivity index (χ1) is 7.09. The van der Waals surface area contributed by atoms with Crippen molar-refractivity contribution in [2.24, 2.45) is 0 Å². The van der Waals surface area contributed by atoms with Crippen molar-refractivity contribution in [1.82, 2.24) is 20.2 Å². The zero-order chi connectivity index (χ0) is 11.0. The number of nitrogens with zero attached hydrogens (tertiary/aromatic N) is 3. The van der Waals surface area contributed by atoms with Gasteiger partial charge in [-0.2, -0.15) is 5.21 Å². The van der Waals surface area contributed by atoms with Gasteiger partial charge in [0.2, 0.25) is 4.77 Å². The van der Waals surface area contributed by atoms with Gasteiger partial charge >= 0.3 is 0 Å². The third kappa shape index (κ3) is 1.65. The van der Waals surface area contributed by atoms with Crippen LogP contribution in [0.15, 0.2) is 12.1 Å². The van der Waals surface area contributed by atoms with Gasteiger partial charge in [-0.05, 0) is 30.8 Å². The Balaban J connectivity index is 2.69. The van der Waals surface area contributed by atoms with E-state index in [4.69, 9.17) is 12.2 Å². The zero-order valence-corrected chi connectivity index (χ0v) is 8.48. The van der Waals surface area contributed by atoms with Crippen molar-refractivity contribution in [2.45, 2.75) is 6.92 Å². The topological polar surface area (TPSA) is 46.5 Å². The molecule has 0 aliphatic heterocycles. The van der Waals surface area contributed by atoms with Crippen molar-refractivity contribution in [2.75, 3.05) is 0 Å². The van der Waals surface area contributed by atoms with Crippen molar-refractivity contribution in [1.29, 1.82) is 0 Å². The first-order valence-corrected chi connectivity index (χ1v) is 4.46. The van der Waals surface area contributed by atoms with Crippen LogP contribution in [0.2, 0.25) is 0 Å². The predicted octanol–water partition coefficient (Wildman–Crippen LogP) is 1.91. The van der Waals surface area contributed by atoms with Crippen LogP contribution in [-0.2, 0) is 0 Å². The predicted molar refractivity (Wildman–Crippen MR) is 51.2 cm³/mol. The molecule has 0 bridgehead atoms. The molecular formula is C8H6F2N4S. The Labute approximate surface area is 88.5 Å². The molecule has 2 rings (SSSR count). The summed E-state index contributed by atoms with van der Waals surface area (Å²) < 4.78 is 27.8. The summed E-state index contributed by atoms with van der Waals surface area (Å²) in [6.07, 6.45) is 0. The minimum absolute atomic E-state index is 0.0342. The Bertz CT molecular complexity index is 560. The lowest BCUT2D eigenvalue weighted by Crippen LogP contribution is -2.02. The number of halogens is 2. The minimum atomic E-state index is -0.587. The van der Waals surface area contributed by atoms with E-state index in [-0.39, 0.29) is 16.0 Å². The first kappa shape index (κ1) is 9.91. The van der Waals surface area contributed by atoms with E-state index in [1.165, 1.54) is 6.92 Å². The molecule has 1 N–H and O–H groups in total. The molecule has 0 spiro atoms. The highest BCUT2D eigenvalue weighted by Crippen LogP contribution is 2.17. The average Bonchev–Trinajstić information content (AvgIpc) is 2.58. The number of hydrogen-bond donors (Lipinski definition) is 1. The standard InChI is InChI=1S/C8H6F2N4S/c1-4-2-6(10)7(3-5(4)9)14-8(15)11-12-13-14/h2-3H,1H3,(H,11,13,15). The lowest BCUT2D eigenvalue weighted by Gasteiger charge is -2.04. The Morgan fingerprint density at radius 1 is 1.33 bits per heavy atom. The Morgan fingerprint density at radius 3 is 2.67 bits per heavy atom. The molecule has 1 heterocycles. The number of H-pyrrole nitrogens is 1. The van der Waals surface area contributed by atoms with Crippen molar-refractivity contribution >= 4 is 12.2 Å². The van der Waals surface area contributed by atoms with E-state index in [1.807, 2.05) is 0 Å². The number of hydrogen-bond acceptors (Lipinski definition) is 3. The van der Waals surface area contributed by atoms with E-state index in [9.17, 15) is 8.78 Å². The molecule has 0 saturated heterocycles. The molecule has 0 radical (unpaired) electrons. The summed E-state index contributed by atoms with van der Waals surface area (Å²) in [5.74, 6) is -1.10. The van der Waals surface area contributed by atoms with Gasteiger partial charge in [0.1, 0.15) is 17.3 Å². The van der Waals surface area contributed by atoms with Crippen molar-refractivity contribution in [3.63, 3.8) is 0 Å². The fourth-order valence-corrected chi connectivity index (χ4v) is 1.34. The molecule has 0 aliphatic carbocycles. The second-order valence-electron chi connectivity index (χ2n) is 2.97. The van der Waals surface area contributed by atoms with E-state index < -0.39 is 11.6 Å². The van der Waals surface area contributed by atoms with Gasteiger partial charge < -0.3 is 0 Å². The van der Waals surface area contributed by atoms with E-state index in [0.717, 1.165) is 16.8 Å². The zero-order valence-electron chi connectivity index (χ0n) is 7.66. The van der Waals surface area contributed by atoms with Gasteiger partial charge in [-0.1, -0.05) is 10.3 Å². The van der Waals surface area contributed by atoms with E-state index in [2.05, 4.69) is 15.5 Å². The van der Waals surface area contributed by atoms with Gasteiger partial charge in [-0.3, -0.25) is 0 Å². The molecule has 2 aromatic rings. The van der Waals surface area contributed by atoms with Crippen LogP contribution in [0.25, 0.3) is 5.69 Å². The van der Waals surface area contributed by atoms with Crippen molar-refractivity contribution in [3.05, 3.63) is 34.1 Å². The first-order valence-electron chi connectivity index (χ1n) is 4.05. The van der Waals surface area contributed by atoms with Crippen molar-refractivity contribution < 1.29 is 8.78 Å². The summed E-state index contributed by atoms with van der Waals surface area (Å²) in [6, 6.07) is 2.13. The summed E-state index contributed by atoms with van der Waals surface area (Å²) in [4.78, 5) is 0. The molecule has 78 valence electrons. The van der Waals surface area contributed by atoms with E-state index in [0.29, 0.717) is 0 Å². The summed E-state index contributed by atoms with van der Waals surface area (Å²) in [7, 11) is 0. The normalized spacial score (nSPS) is 10.6. The number of benzene rings is 1. The van der Waals surface area contributed by atoms with Gasteiger partial charge in [0.05, 0.1) is 0 Å². The highest BCUT2D eigenvalue weighted by atomic mass is 32.1. The third-order valence-corrected chi connectivity index (χ3v) is 2.20. The van der Waals surface area contributed by atoms with Gasteiger partial charge in [-0.25, -0.2) is 13.5 Å². The maximum atomic E-state index is 13.5. The number of aromatic nitrogens is 4. The van der Waals surface area contributed by atoms with Crippen LogP contribution in [0.3, 0.4) is 0 Å². The van der Waals surface area contributed by atoms with Crippen LogP contribution < -0.4 is 0 Å². The smallest absolute Gasteiger partial charge is 0.207 e. The Hall–Kier alpha value is -1.63. The van der Waals surface area contributed by atoms with Gasteiger partial charge in [0.25, 0.3) is 0 Å². The minimum Gasteiger partial charge on any atom is -0.207 e. The van der Waals surface area contributed by atoms with Crippen LogP contribution in [0.4, 0.5) is 8.78 Å². The molecule has 7 heteroatoms. The third-order valence-electron chi connectivity index (χ3n) is 1.94. The SMILES string of the molecule is Cc1cc(F)c(-n2[nH]nnc2=S)cc1F. The number of tetrazole rings is 1. The maximum Gasteiger partial charge on any atom is 0.243 e. The molecule has 1 aromatic heterocycles. The second kappa shape index (κ2) is 3.50. The molecule has 0 saturated carbocycles. The van der Waals surface area contributed by atoms with Crippen LogP contribution >= 0.6 is 12.2 Å². The van der Waals surface area contributed by atoms with Crippen LogP contribution in [-0.4, -0.2) is 20.2 Å². The largest absolute Gasteiger partial charge is 0.243 e. The summed E-state index contributed by atoms with van der Waals surface area (Å²) in [5.41, 5.74) is 0.198. The molecule has 1 aromatic carbocycles. The average molecular weight is 228 g/mol. The van der Waals surface area contributed by atoms with Gasteiger partial charge in [0, 0.05) is 6.07 Å². The van der Waals surface area contributed by atoms with Gasteiger partial charge in [0.15, 0.2) is 0 Å². The molecule has 0 fully saturated rings. The lowest BCUT2D eigenvalue weighted by molar-refractivity contribution is 0.577. The Morgan fingerprint density at radius 2 is 2.07 bits per heavy atom. The number of aryl methyl sites for hydroxylation is 1. The number of rotatable bonds is 1. The molecule has 0 unspecified atom stereocenters. The lowest BCUT2D eigenvalue weighted by atomic mass is 10.2. The molecule has 0 amide bonds. The highest BCUT2D eigenvalue weighted by molar-refractivity contribution is 7.71. The summed E-state index contributed by atoms with van der Waals surface area (Å²) >= 11 is 4.77. The van der Waals surface area contributed by atoms with E-state index in [1.54, 1.807) is 0 Å². The fraction of sp³-hybridized carbons (Fsp3) is 0.125. The van der Waals surface area contributed by atoms with Crippen LogP contribution in [0.1, 0.15) is 5.56 Å². The molecular weight excluding hydrogens is 222 g/mol. The highest BCUT2D eigenvalue weighted by Gasteiger charge is 2.10. The molecule has 15 heavy (non-hydrogen) atoms. The number of nitrogens with one attached hydrogen (secondary N) is 1. The molecule has 0 aliphatic rings. The quantitative estimate of drug-likeness (QED) is 0.758. The summed E-state index contributed by atoms with van der Waals surface area (Å²) in [6.45, 7) is 1.48. The monoisotopic (exact) mass is 228 g/mol.